The Morgan fingerprint density at radius 1 is 1.29 bits per heavy atom. The van der Waals surface area contributed by atoms with Crippen LogP contribution in [0.3, 0.4) is 0 Å². The lowest BCUT2D eigenvalue weighted by molar-refractivity contribution is -0.164. The van der Waals surface area contributed by atoms with E-state index in [0.29, 0.717) is 26.0 Å². The van der Waals surface area contributed by atoms with Crippen molar-refractivity contribution in [3.05, 3.63) is 0 Å². The molecule has 21 heavy (non-hydrogen) atoms. The molecule has 6 nitrogen and oxygen atoms in total. The monoisotopic (exact) mass is 298 g/mol. The summed E-state index contributed by atoms with van der Waals surface area (Å²) in [7, 11) is 1.56. The molecule has 0 aromatic carbocycles. The molecule has 2 N–H and O–H groups in total. The highest BCUT2D eigenvalue weighted by molar-refractivity contribution is 5.86. The topological polar surface area (TPSA) is 78.9 Å². The van der Waals surface area contributed by atoms with E-state index < -0.39 is 11.2 Å². The van der Waals surface area contributed by atoms with E-state index in [4.69, 9.17) is 4.74 Å². The SMILES string of the molecule is CNC(=O)[C@@]1(C)CN(C(=O)CC2(O)CCCCC2)CCO1. The summed E-state index contributed by atoms with van der Waals surface area (Å²) in [4.78, 5) is 26.0. The quantitative estimate of drug-likeness (QED) is 0.792. The van der Waals surface area contributed by atoms with Gasteiger partial charge in [0.2, 0.25) is 5.91 Å². The fourth-order valence-corrected chi connectivity index (χ4v) is 3.26. The molecule has 0 spiro atoms. The average molecular weight is 298 g/mol. The van der Waals surface area contributed by atoms with Gasteiger partial charge in [-0.3, -0.25) is 9.59 Å². The van der Waals surface area contributed by atoms with E-state index >= 15 is 0 Å². The summed E-state index contributed by atoms with van der Waals surface area (Å²) < 4.78 is 5.55. The number of likely N-dealkylation sites (N-methyl/N-ethyl adjacent to an activating group) is 1. The Kier molecular flexibility index (Phi) is 4.88. The molecule has 0 unspecified atom stereocenters. The Bertz CT molecular complexity index is 406. The van der Waals surface area contributed by atoms with Crippen LogP contribution in [0.4, 0.5) is 0 Å². The minimum absolute atomic E-state index is 0.0853. The van der Waals surface area contributed by atoms with Gasteiger partial charge < -0.3 is 20.1 Å². The first-order chi connectivity index (χ1) is 9.88. The van der Waals surface area contributed by atoms with Crippen molar-refractivity contribution in [2.45, 2.75) is 56.7 Å². The van der Waals surface area contributed by atoms with Gasteiger partial charge >= 0.3 is 0 Å². The summed E-state index contributed by atoms with van der Waals surface area (Å²) >= 11 is 0. The van der Waals surface area contributed by atoms with Gasteiger partial charge in [0.1, 0.15) is 0 Å². The van der Waals surface area contributed by atoms with Gasteiger partial charge in [0.25, 0.3) is 5.91 Å². The molecule has 1 atom stereocenters. The number of ether oxygens (including phenoxy) is 1. The second-order valence-corrected chi connectivity index (χ2v) is 6.44. The molecular weight excluding hydrogens is 272 g/mol. The van der Waals surface area contributed by atoms with Crippen LogP contribution in [0.25, 0.3) is 0 Å². The molecular formula is C15H26N2O4. The van der Waals surface area contributed by atoms with Crippen LogP contribution in [0.1, 0.15) is 45.4 Å². The maximum absolute atomic E-state index is 12.4. The first-order valence-corrected chi connectivity index (χ1v) is 7.75. The van der Waals surface area contributed by atoms with Crippen molar-refractivity contribution in [2.24, 2.45) is 0 Å². The molecule has 1 saturated heterocycles. The molecule has 2 amide bonds. The first kappa shape index (κ1) is 16.2. The fraction of sp³-hybridized carbons (Fsp3) is 0.867. The van der Waals surface area contributed by atoms with Gasteiger partial charge in [-0.05, 0) is 19.8 Å². The zero-order valence-corrected chi connectivity index (χ0v) is 13.0. The van der Waals surface area contributed by atoms with Crippen LogP contribution in [0.5, 0.6) is 0 Å². The van der Waals surface area contributed by atoms with Crippen LogP contribution in [0.2, 0.25) is 0 Å². The van der Waals surface area contributed by atoms with E-state index in [-0.39, 0.29) is 24.8 Å². The van der Waals surface area contributed by atoms with E-state index in [1.807, 2.05) is 0 Å². The molecule has 0 bridgehead atoms. The molecule has 0 aromatic heterocycles. The van der Waals surface area contributed by atoms with Gasteiger partial charge in [-0.25, -0.2) is 0 Å². The zero-order chi connectivity index (χ0) is 15.5. The van der Waals surface area contributed by atoms with Gasteiger partial charge in [0.05, 0.1) is 25.2 Å². The van der Waals surface area contributed by atoms with Gasteiger partial charge in [-0.2, -0.15) is 0 Å². The third-order valence-electron chi connectivity index (χ3n) is 4.60. The molecule has 1 aliphatic heterocycles. The maximum Gasteiger partial charge on any atom is 0.253 e. The Morgan fingerprint density at radius 3 is 2.57 bits per heavy atom. The smallest absolute Gasteiger partial charge is 0.253 e. The fourth-order valence-electron chi connectivity index (χ4n) is 3.26. The number of rotatable bonds is 3. The number of carbonyl (C=O) groups is 2. The molecule has 2 rings (SSSR count). The summed E-state index contributed by atoms with van der Waals surface area (Å²) in [5, 5.41) is 13.1. The lowest BCUT2D eigenvalue weighted by Crippen LogP contribution is -2.59. The summed E-state index contributed by atoms with van der Waals surface area (Å²) in [5.74, 6) is -0.311. The Morgan fingerprint density at radius 2 is 1.95 bits per heavy atom. The van der Waals surface area contributed by atoms with E-state index in [2.05, 4.69) is 5.32 Å². The molecule has 1 saturated carbocycles. The van der Waals surface area contributed by atoms with Crippen molar-refractivity contribution < 1.29 is 19.4 Å². The lowest BCUT2D eigenvalue weighted by Gasteiger charge is -2.40. The van der Waals surface area contributed by atoms with Gasteiger partial charge in [0.15, 0.2) is 5.60 Å². The second kappa shape index (κ2) is 6.32. The molecule has 0 radical (unpaired) electrons. The average Bonchev–Trinajstić information content (AvgIpc) is 2.46. The highest BCUT2D eigenvalue weighted by Gasteiger charge is 2.41. The van der Waals surface area contributed by atoms with Crippen LogP contribution in [0, 0.1) is 0 Å². The molecule has 2 fully saturated rings. The lowest BCUT2D eigenvalue weighted by atomic mass is 9.82. The number of amides is 2. The van der Waals surface area contributed by atoms with Crippen LogP contribution in [0.15, 0.2) is 0 Å². The molecule has 1 aliphatic carbocycles. The normalized spacial score (nSPS) is 29.0. The van der Waals surface area contributed by atoms with Crippen LogP contribution in [-0.2, 0) is 14.3 Å². The van der Waals surface area contributed by atoms with Gasteiger partial charge in [0, 0.05) is 13.6 Å². The molecule has 2 aliphatic rings. The van der Waals surface area contributed by atoms with E-state index in [0.717, 1.165) is 19.3 Å². The Hall–Kier alpha value is -1.14. The van der Waals surface area contributed by atoms with E-state index in [1.165, 1.54) is 0 Å². The standard InChI is InChI=1S/C15H26N2O4/c1-14(13(19)16-2)11-17(8-9-21-14)12(18)10-15(20)6-4-3-5-7-15/h20H,3-11H2,1-2H3,(H,16,19)/t14-/m1/s1. The number of hydrogen-bond acceptors (Lipinski definition) is 4. The number of hydrogen-bond donors (Lipinski definition) is 2. The highest BCUT2D eigenvalue weighted by atomic mass is 16.5. The second-order valence-electron chi connectivity index (χ2n) is 6.44. The summed E-state index contributed by atoms with van der Waals surface area (Å²) in [6, 6.07) is 0. The van der Waals surface area contributed by atoms with E-state index in [1.54, 1.807) is 18.9 Å². The van der Waals surface area contributed by atoms with Crippen LogP contribution in [-0.4, -0.2) is 59.8 Å². The van der Waals surface area contributed by atoms with Crippen molar-refractivity contribution in [1.29, 1.82) is 0 Å². The number of carbonyl (C=O) groups excluding carboxylic acids is 2. The van der Waals surface area contributed by atoms with Crippen molar-refractivity contribution in [3.8, 4) is 0 Å². The van der Waals surface area contributed by atoms with Crippen molar-refractivity contribution in [3.63, 3.8) is 0 Å². The highest BCUT2D eigenvalue weighted by Crippen LogP contribution is 2.32. The van der Waals surface area contributed by atoms with Crippen molar-refractivity contribution >= 4 is 11.8 Å². The molecule has 120 valence electrons. The van der Waals surface area contributed by atoms with Crippen molar-refractivity contribution in [1.82, 2.24) is 10.2 Å². The number of nitrogens with zero attached hydrogens (tertiary/aromatic N) is 1. The number of aliphatic hydroxyl groups is 1. The maximum atomic E-state index is 12.4. The minimum atomic E-state index is -1.00. The van der Waals surface area contributed by atoms with E-state index in [9.17, 15) is 14.7 Å². The van der Waals surface area contributed by atoms with Crippen LogP contribution >= 0.6 is 0 Å². The number of nitrogens with one attached hydrogen (secondary N) is 1. The predicted molar refractivity (Wildman–Crippen MR) is 77.7 cm³/mol. The zero-order valence-electron chi connectivity index (χ0n) is 13.0. The largest absolute Gasteiger partial charge is 0.389 e. The Labute approximate surface area is 125 Å². The summed E-state index contributed by atoms with van der Waals surface area (Å²) in [6.07, 6.45) is 4.61. The molecule has 0 aromatic rings. The van der Waals surface area contributed by atoms with Gasteiger partial charge in [-0.1, -0.05) is 19.3 Å². The Balaban J connectivity index is 1.97. The molecule has 1 heterocycles. The summed E-state index contributed by atoms with van der Waals surface area (Å²) in [5.41, 5.74) is -1.87. The third kappa shape index (κ3) is 3.74. The first-order valence-electron chi connectivity index (χ1n) is 7.75. The summed E-state index contributed by atoms with van der Waals surface area (Å²) in [6.45, 7) is 2.75. The van der Waals surface area contributed by atoms with Crippen LogP contribution < -0.4 is 5.32 Å². The number of morpholine rings is 1. The van der Waals surface area contributed by atoms with Crippen molar-refractivity contribution in [2.75, 3.05) is 26.7 Å². The minimum Gasteiger partial charge on any atom is -0.389 e. The third-order valence-corrected chi connectivity index (χ3v) is 4.60. The van der Waals surface area contributed by atoms with Gasteiger partial charge in [-0.15, -0.1) is 0 Å². The predicted octanol–water partition coefficient (Wildman–Crippen LogP) is 0.435. The molecule has 6 heteroatoms.